The molecule has 0 saturated carbocycles. The predicted molar refractivity (Wildman–Crippen MR) is 74.8 cm³/mol. The van der Waals surface area contributed by atoms with Crippen molar-refractivity contribution in [3.05, 3.63) is 34.3 Å². The van der Waals surface area contributed by atoms with E-state index in [-0.39, 0.29) is 13.0 Å². The first-order valence-electron chi connectivity index (χ1n) is 6.16. The van der Waals surface area contributed by atoms with Crippen LogP contribution in [0.3, 0.4) is 0 Å². The Morgan fingerprint density at radius 3 is 2.21 bits per heavy atom. The second kappa shape index (κ2) is 7.94. The lowest BCUT2D eigenvalue weighted by Crippen LogP contribution is -2.20. The molecule has 0 aliphatic heterocycles. The smallest absolute Gasteiger partial charge is 0.313 e. The number of esters is 2. The first-order chi connectivity index (χ1) is 9.08. The van der Waals surface area contributed by atoms with Crippen molar-refractivity contribution in [2.24, 2.45) is 0 Å². The number of halogens is 1. The summed E-state index contributed by atoms with van der Waals surface area (Å²) in [5.41, 5.74) is 0.745. The molecule has 1 rings (SSSR count). The Morgan fingerprint density at radius 1 is 1.11 bits per heavy atom. The Bertz CT molecular complexity index is 428. The van der Waals surface area contributed by atoms with Gasteiger partial charge in [0.25, 0.3) is 0 Å². The molecule has 0 saturated heterocycles. The molecule has 0 spiro atoms. The summed E-state index contributed by atoms with van der Waals surface area (Å²) in [6.45, 7) is 4.06. The topological polar surface area (TPSA) is 52.6 Å². The normalized spacial score (nSPS) is 11.7. The Hall–Kier alpha value is -1.36. The Balaban J connectivity index is 2.88. The van der Waals surface area contributed by atoms with Gasteiger partial charge in [0.2, 0.25) is 0 Å². The van der Waals surface area contributed by atoms with Gasteiger partial charge in [0, 0.05) is 4.47 Å². The van der Waals surface area contributed by atoms with Crippen LogP contribution in [0.2, 0.25) is 0 Å². The van der Waals surface area contributed by atoms with Crippen LogP contribution >= 0.6 is 15.9 Å². The molecule has 0 fully saturated rings. The highest BCUT2D eigenvalue weighted by molar-refractivity contribution is 9.10. The van der Waals surface area contributed by atoms with Crippen molar-refractivity contribution in [3.8, 4) is 0 Å². The van der Waals surface area contributed by atoms with E-state index < -0.39 is 17.9 Å². The quantitative estimate of drug-likeness (QED) is 0.753. The first kappa shape index (κ1) is 15.7. The zero-order valence-electron chi connectivity index (χ0n) is 11.0. The van der Waals surface area contributed by atoms with Crippen molar-refractivity contribution in [2.75, 3.05) is 13.2 Å². The highest BCUT2D eigenvalue weighted by Gasteiger charge is 2.25. The van der Waals surface area contributed by atoms with Gasteiger partial charge < -0.3 is 9.47 Å². The van der Waals surface area contributed by atoms with Crippen molar-refractivity contribution < 1.29 is 19.1 Å². The summed E-state index contributed by atoms with van der Waals surface area (Å²) >= 11 is 3.33. The number of carbonyl (C=O) groups is 2. The van der Waals surface area contributed by atoms with Crippen LogP contribution in [0, 0.1) is 0 Å². The Labute approximate surface area is 121 Å². The van der Waals surface area contributed by atoms with E-state index in [1.165, 1.54) is 0 Å². The maximum atomic E-state index is 11.9. The Kier molecular flexibility index (Phi) is 6.56. The molecule has 4 nitrogen and oxygen atoms in total. The molecule has 104 valence electrons. The van der Waals surface area contributed by atoms with Crippen molar-refractivity contribution in [1.82, 2.24) is 0 Å². The van der Waals surface area contributed by atoms with Gasteiger partial charge in [-0.15, -0.1) is 0 Å². The molecular weight excluding hydrogens is 312 g/mol. The van der Waals surface area contributed by atoms with E-state index in [2.05, 4.69) is 15.9 Å². The van der Waals surface area contributed by atoms with Crippen LogP contribution in [-0.4, -0.2) is 25.2 Å². The monoisotopic (exact) mass is 328 g/mol. The summed E-state index contributed by atoms with van der Waals surface area (Å²) in [4.78, 5) is 23.5. The van der Waals surface area contributed by atoms with E-state index in [9.17, 15) is 9.59 Å². The van der Waals surface area contributed by atoms with Crippen LogP contribution in [0.5, 0.6) is 0 Å². The molecular formula is C14H17BrO4. The van der Waals surface area contributed by atoms with Crippen molar-refractivity contribution in [2.45, 2.75) is 26.2 Å². The fraction of sp³-hybridized carbons (Fsp3) is 0.429. The maximum absolute atomic E-state index is 11.9. The van der Waals surface area contributed by atoms with Crippen LogP contribution in [0.15, 0.2) is 28.7 Å². The third kappa shape index (κ3) is 5.03. The predicted octanol–water partition coefficient (Wildman–Crippen LogP) is 3.05. The number of rotatable bonds is 6. The Morgan fingerprint density at radius 2 is 1.68 bits per heavy atom. The lowest BCUT2D eigenvalue weighted by molar-refractivity contribution is -0.151. The standard InChI is InChI=1S/C14H17BrO4/c1-3-18-13(16)9-12(14(17)19-4-2)10-5-7-11(15)8-6-10/h5-8,12H,3-4,9H2,1-2H3/t12-/m0/s1. The molecule has 0 amide bonds. The highest BCUT2D eigenvalue weighted by Crippen LogP contribution is 2.24. The molecule has 0 bridgehead atoms. The van der Waals surface area contributed by atoms with E-state index in [1.807, 2.05) is 12.1 Å². The molecule has 0 aliphatic rings. The minimum atomic E-state index is -0.618. The first-order valence-corrected chi connectivity index (χ1v) is 6.95. The number of benzene rings is 1. The zero-order valence-corrected chi connectivity index (χ0v) is 12.6. The van der Waals surface area contributed by atoms with Crippen molar-refractivity contribution in [3.63, 3.8) is 0 Å². The number of ether oxygens (including phenoxy) is 2. The molecule has 1 aromatic carbocycles. The molecule has 19 heavy (non-hydrogen) atoms. The van der Waals surface area contributed by atoms with Gasteiger partial charge in [-0.2, -0.15) is 0 Å². The van der Waals surface area contributed by atoms with Crippen LogP contribution in [0.4, 0.5) is 0 Å². The van der Waals surface area contributed by atoms with E-state index >= 15 is 0 Å². The van der Waals surface area contributed by atoms with E-state index in [0.29, 0.717) is 6.61 Å². The average molecular weight is 329 g/mol. The molecule has 0 radical (unpaired) electrons. The van der Waals surface area contributed by atoms with Gasteiger partial charge in [-0.1, -0.05) is 28.1 Å². The minimum Gasteiger partial charge on any atom is -0.466 e. The summed E-state index contributed by atoms with van der Waals surface area (Å²) in [6, 6.07) is 7.25. The van der Waals surface area contributed by atoms with E-state index in [1.54, 1.807) is 26.0 Å². The second-order valence-corrected chi connectivity index (χ2v) is 4.78. The third-order valence-electron chi connectivity index (χ3n) is 2.52. The van der Waals surface area contributed by atoms with Crippen LogP contribution in [0.1, 0.15) is 31.7 Å². The second-order valence-electron chi connectivity index (χ2n) is 3.87. The lowest BCUT2D eigenvalue weighted by atomic mass is 9.96. The van der Waals surface area contributed by atoms with Gasteiger partial charge in [0.05, 0.1) is 25.6 Å². The molecule has 1 atom stereocenters. The van der Waals surface area contributed by atoms with Crippen LogP contribution < -0.4 is 0 Å². The lowest BCUT2D eigenvalue weighted by Gasteiger charge is -2.15. The molecule has 0 unspecified atom stereocenters. The van der Waals surface area contributed by atoms with Gasteiger partial charge in [0.1, 0.15) is 0 Å². The van der Waals surface area contributed by atoms with Gasteiger partial charge in [-0.3, -0.25) is 9.59 Å². The van der Waals surface area contributed by atoms with Gasteiger partial charge in [-0.05, 0) is 31.5 Å². The molecule has 0 heterocycles. The highest BCUT2D eigenvalue weighted by atomic mass is 79.9. The van der Waals surface area contributed by atoms with Crippen molar-refractivity contribution >= 4 is 27.9 Å². The van der Waals surface area contributed by atoms with Gasteiger partial charge in [-0.25, -0.2) is 0 Å². The third-order valence-corrected chi connectivity index (χ3v) is 3.05. The summed E-state index contributed by atoms with van der Waals surface area (Å²) in [5, 5.41) is 0. The van der Waals surface area contributed by atoms with Crippen LogP contribution in [-0.2, 0) is 19.1 Å². The van der Waals surface area contributed by atoms with Gasteiger partial charge >= 0.3 is 11.9 Å². The molecule has 0 N–H and O–H groups in total. The van der Waals surface area contributed by atoms with Gasteiger partial charge in [0.15, 0.2) is 0 Å². The van der Waals surface area contributed by atoms with E-state index in [4.69, 9.17) is 9.47 Å². The van der Waals surface area contributed by atoms with Crippen molar-refractivity contribution in [1.29, 1.82) is 0 Å². The average Bonchev–Trinajstić information content (AvgIpc) is 2.38. The summed E-state index contributed by atoms with van der Waals surface area (Å²) in [6.07, 6.45) is -0.00565. The summed E-state index contributed by atoms with van der Waals surface area (Å²) in [7, 11) is 0. The fourth-order valence-electron chi connectivity index (χ4n) is 1.66. The maximum Gasteiger partial charge on any atom is 0.313 e. The molecule has 5 heteroatoms. The largest absolute Gasteiger partial charge is 0.466 e. The van der Waals surface area contributed by atoms with E-state index in [0.717, 1.165) is 10.0 Å². The zero-order chi connectivity index (χ0) is 14.3. The number of carbonyl (C=O) groups excluding carboxylic acids is 2. The molecule has 0 aliphatic carbocycles. The molecule has 0 aromatic heterocycles. The summed E-state index contributed by atoms with van der Waals surface area (Å²) in [5.74, 6) is -1.42. The molecule has 1 aromatic rings. The number of hydrogen-bond donors (Lipinski definition) is 0. The number of hydrogen-bond acceptors (Lipinski definition) is 4. The van der Waals surface area contributed by atoms with Crippen LogP contribution in [0.25, 0.3) is 0 Å². The fourth-order valence-corrected chi connectivity index (χ4v) is 1.93. The summed E-state index contributed by atoms with van der Waals surface area (Å²) < 4.78 is 10.8. The SMILES string of the molecule is CCOC(=O)C[C@H](C(=O)OCC)c1ccc(Br)cc1. The minimum absolute atomic E-state index is 0.00565.